The van der Waals surface area contributed by atoms with Crippen molar-refractivity contribution in [3.8, 4) is 28.8 Å². The molecule has 0 bridgehead atoms. The van der Waals surface area contributed by atoms with Gasteiger partial charge in [-0.3, -0.25) is 0 Å². The van der Waals surface area contributed by atoms with Gasteiger partial charge >= 0.3 is 0 Å². The molecule has 130 valence electrons. The van der Waals surface area contributed by atoms with Crippen molar-refractivity contribution in [2.75, 3.05) is 5.32 Å². The third kappa shape index (κ3) is 3.92. The summed E-state index contributed by atoms with van der Waals surface area (Å²) in [6.07, 6.45) is 3.60. The Morgan fingerprint density at radius 2 is 1.96 bits per heavy atom. The first-order valence-corrected chi connectivity index (χ1v) is 8.63. The lowest BCUT2D eigenvalue weighted by Crippen LogP contribution is -2.36. The van der Waals surface area contributed by atoms with Gasteiger partial charge in [-0.05, 0) is 56.5 Å². The van der Waals surface area contributed by atoms with E-state index < -0.39 is 0 Å². The molecule has 0 unspecified atom stereocenters. The lowest BCUT2D eigenvalue weighted by Gasteiger charge is -2.28. The molecule has 1 fully saturated rings. The maximum absolute atomic E-state index is 10.3. The van der Waals surface area contributed by atoms with Crippen LogP contribution in [0.4, 0.5) is 5.82 Å². The van der Waals surface area contributed by atoms with Crippen LogP contribution in [-0.4, -0.2) is 32.6 Å². The average Bonchev–Trinajstić information content (AvgIpc) is 2.58. The molecule has 1 aliphatic carbocycles. The van der Waals surface area contributed by atoms with E-state index in [4.69, 9.17) is 0 Å². The van der Waals surface area contributed by atoms with Gasteiger partial charge in [-0.1, -0.05) is 18.8 Å². The number of aryl methyl sites for hydroxylation is 1. The van der Waals surface area contributed by atoms with Crippen molar-refractivity contribution >= 4 is 5.82 Å². The summed E-state index contributed by atoms with van der Waals surface area (Å²) in [5.74, 6) is 6.53. The predicted octanol–water partition coefficient (Wildman–Crippen LogP) is 3.24. The number of phenolic OH excluding ortho intramolecular Hbond substituents is 1. The van der Waals surface area contributed by atoms with Crippen molar-refractivity contribution in [3.63, 3.8) is 0 Å². The highest BCUT2D eigenvalue weighted by Crippen LogP contribution is 2.31. The molecule has 1 aromatic carbocycles. The molecule has 3 N–H and O–H groups in total. The molecule has 5 nitrogen and oxygen atoms in total. The van der Waals surface area contributed by atoms with Crippen LogP contribution in [-0.2, 0) is 0 Å². The van der Waals surface area contributed by atoms with Crippen molar-refractivity contribution < 1.29 is 10.2 Å². The maximum atomic E-state index is 10.3. The summed E-state index contributed by atoms with van der Waals surface area (Å²) in [5.41, 5.74) is 2.95. The molecule has 0 saturated heterocycles. The number of aliphatic hydroxyl groups excluding tert-OH is 1. The highest BCUT2D eigenvalue weighted by atomic mass is 16.3. The van der Waals surface area contributed by atoms with Crippen molar-refractivity contribution in [1.29, 1.82) is 0 Å². The number of nitrogens with zero attached hydrogens (tertiary/aromatic N) is 2. The Bertz CT molecular complexity index is 823. The first kappa shape index (κ1) is 17.2. The molecule has 3 rings (SSSR count). The number of benzene rings is 1. The number of hydrogen-bond acceptors (Lipinski definition) is 5. The smallest absolute Gasteiger partial charge is 0.149 e. The standard InChI is InChI=1S/C20H23N3O2/c1-3-6-14-9-10-15(18(25)12-14)20-13(2)11-19(22-23-20)21-16-7-4-5-8-17(16)24/h9-12,16-17,24-25H,4-5,7-8H2,1-2H3,(H,21,22)/t16-,17+/m1/s1. The summed E-state index contributed by atoms with van der Waals surface area (Å²) in [6.45, 7) is 3.70. The van der Waals surface area contributed by atoms with E-state index in [-0.39, 0.29) is 17.9 Å². The average molecular weight is 337 g/mol. The number of hydrogen-bond donors (Lipinski definition) is 3. The number of aliphatic hydroxyl groups is 1. The Labute approximate surface area is 148 Å². The van der Waals surface area contributed by atoms with E-state index in [0.29, 0.717) is 17.1 Å². The third-order valence-corrected chi connectivity index (χ3v) is 4.57. The molecule has 5 heteroatoms. The van der Waals surface area contributed by atoms with E-state index in [9.17, 15) is 10.2 Å². The maximum Gasteiger partial charge on any atom is 0.149 e. The molecular formula is C20H23N3O2. The second kappa shape index (κ2) is 7.54. The van der Waals surface area contributed by atoms with Gasteiger partial charge in [0.2, 0.25) is 0 Å². The normalized spacial score (nSPS) is 19.8. The van der Waals surface area contributed by atoms with Gasteiger partial charge in [0.25, 0.3) is 0 Å². The Morgan fingerprint density at radius 1 is 1.16 bits per heavy atom. The zero-order chi connectivity index (χ0) is 17.8. The summed E-state index contributed by atoms with van der Waals surface area (Å²) < 4.78 is 0. The van der Waals surface area contributed by atoms with Crippen LogP contribution in [0.15, 0.2) is 24.3 Å². The minimum atomic E-state index is -0.341. The predicted molar refractivity (Wildman–Crippen MR) is 98.3 cm³/mol. The van der Waals surface area contributed by atoms with E-state index in [0.717, 1.165) is 36.8 Å². The zero-order valence-electron chi connectivity index (χ0n) is 14.6. The van der Waals surface area contributed by atoms with Gasteiger partial charge in [0.05, 0.1) is 17.8 Å². The molecule has 25 heavy (non-hydrogen) atoms. The Morgan fingerprint density at radius 3 is 2.64 bits per heavy atom. The Balaban J connectivity index is 1.83. The van der Waals surface area contributed by atoms with Crippen LogP contribution in [0.3, 0.4) is 0 Å². The largest absolute Gasteiger partial charge is 0.507 e. The number of aromatic hydroxyl groups is 1. The van der Waals surface area contributed by atoms with Gasteiger partial charge in [-0.2, -0.15) is 0 Å². The van der Waals surface area contributed by atoms with Gasteiger partial charge in [0, 0.05) is 11.1 Å². The second-order valence-corrected chi connectivity index (χ2v) is 6.47. The molecule has 0 aliphatic heterocycles. The first-order valence-electron chi connectivity index (χ1n) is 8.63. The fraction of sp³-hybridized carbons (Fsp3) is 0.400. The van der Waals surface area contributed by atoms with E-state index >= 15 is 0 Å². The summed E-state index contributed by atoms with van der Waals surface area (Å²) in [7, 11) is 0. The molecule has 1 saturated carbocycles. The summed E-state index contributed by atoms with van der Waals surface area (Å²) in [5, 5.41) is 32.2. The van der Waals surface area contributed by atoms with Crippen molar-refractivity contribution in [2.45, 2.75) is 51.7 Å². The number of phenols is 1. The van der Waals surface area contributed by atoms with E-state index in [1.165, 1.54) is 0 Å². The molecule has 2 aromatic rings. The highest BCUT2D eigenvalue weighted by Gasteiger charge is 2.23. The summed E-state index contributed by atoms with van der Waals surface area (Å²) in [4.78, 5) is 0. The van der Waals surface area contributed by atoms with E-state index in [2.05, 4.69) is 27.4 Å². The van der Waals surface area contributed by atoms with Crippen LogP contribution in [0.1, 0.15) is 43.7 Å². The lowest BCUT2D eigenvalue weighted by molar-refractivity contribution is 0.116. The van der Waals surface area contributed by atoms with Crippen molar-refractivity contribution in [3.05, 3.63) is 35.4 Å². The van der Waals surface area contributed by atoms with Crippen LogP contribution >= 0.6 is 0 Å². The van der Waals surface area contributed by atoms with Gasteiger partial charge in [-0.15, -0.1) is 16.1 Å². The molecule has 0 amide bonds. The highest BCUT2D eigenvalue weighted by molar-refractivity contribution is 5.71. The van der Waals surface area contributed by atoms with Crippen LogP contribution < -0.4 is 5.32 Å². The fourth-order valence-corrected chi connectivity index (χ4v) is 3.25. The minimum absolute atomic E-state index is 0.0219. The molecule has 2 atom stereocenters. The van der Waals surface area contributed by atoms with E-state index in [1.807, 2.05) is 25.1 Å². The monoisotopic (exact) mass is 337 g/mol. The Hall–Kier alpha value is -2.58. The SMILES string of the molecule is CC#Cc1ccc(-c2nnc(N[C@@H]3CCCC[C@@H]3O)cc2C)c(O)c1. The lowest BCUT2D eigenvalue weighted by atomic mass is 9.92. The third-order valence-electron chi connectivity index (χ3n) is 4.57. The van der Waals surface area contributed by atoms with Crippen molar-refractivity contribution in [1.82, 2.24) is 10.2 Å². The zero-order valence-corrected chi connectivity index (χ0v) is 14.6. The van der Waals surface area contributed by atoms with Crippen LogP contribution in [0.5, 0.6) is 5.75 Å². The van der Waals surface area contributed by atoms with Gasteiger partial charge < -0.3 is 15.5 Å². The molecule has 0 radical (unpaired) electrons. The van der Waals surface area contributed by atoms with Crippen LogP contribution in [0.25, 0.3) is 11.3 Å². The molecule has 1 aromatic heterocycles. The number of rotatable bonds is 3. The summed E-state index contributed by atoms with van der Waals surface area (Å²) in [6, 6.07) is 7.23. The summed E-state index contributed by atoms with van der Waals surface area (Å²) >= 11 is 0. The topological polar surface area (TPSA) is 78.3 Å². The fourth-order valence-electron chi connectivity index (χ4n) is 3.25. The van der Waals surface area contributed by atoms with E-state index in [1.54, 1.807) is 13.0 Å². The van der Waals surface area contributed by atoms with Gasteiger partial charge in [0.1, 0.15) is 11.6 Å². The Kier molecular flexibility index (Phi) is 5.20. The number of anilines is 1. The van der Waals surface area contributed by atoms with Gasteiger partial charge in [-0.25, -0.2) is 0 Å². The molecule has 1 aliphatic rings. The van der Waals surface area contributed by atoms with Crippen molar-refractivity contribution in [2.24, 2.45) is 0 Å². The quantitative estimate of drug-likeness (QED) is 0.750. The molecular weight excluding hydrogens is 314 g/mol. The number of aromatic nitrogens is 2. The first-order chi connectivity index (χ1) is 12.1. The van der Waals surface area contributed by atoms with Crippen LogP contribution in [0.2, 0.25) is 0 Å². The molecule has 1 heterocycles. The van der Waals surface area contributed by atoms with Gasteiger partial charge in [0.15, 0.2) is 0 Å². The second-order valence-electron chi connectivity index (χ2n) is 6.47. The minimum Gasteiger partial charge on any atom is -0.507 e. The number of nitrogens with one attached hydrogen (secondary N) is 1. The van der Waals surface area contributed by atoms with Crippen LogP contribution in [0, 0.1) is 18.8 Å². The molecule has 0 spiro atoms.